The number of carbonyl (C=O) groups is 1. The molecule has 1 amide bonds. The highest BCUT2D eigenvalue weighted by Crippen LogP contribution is 2.23. The zero-order valence-corrected chi connectivity index (χ0v) is 12.6. The molecule has 0 aromatic heterocycles. The average Bonchev–Trinajstić information content (AvgIpc) is 2.45. The third-order valence-electron chi connectivity index (χ3n) is 3.00. The minimum Gasteiger partial charge on any atom is -0.315 e. The second-order valence-corrected chi connectivity index (χ2v) is 5.29. The quantitative estimate of drug-likeness (QED) is 0.813. The van der Waals surface area contributed by atoms with Gasteiger partial charge in [0.1, 0.15) is 0 Å². The van der Waals surface area contributed by atoms with Crippen molar-refractivity contribution in [3.63, 3.8) is 0 Å². The fraction of sp³-hybridized carbons (Fsp3) is 0.133. The van der Waals surface area contributed by atoms with E-state index in [1.165, 1.54) is 18.0 Å². The van der Waals surface area contributed by atoms with Crippen LogP contribution in [-0.4, -0.2) is 13.0 Å². The van der Waals surface area contributed by atoms with Gasteiger partial charge in [0, 0.05) is 18.8 Å². The first kappa shape index (κ1) is 15.7. The van der Waals surface area contributed by atoms with Gasteiger partial charge in [-0.1, -0.05) is 29.3 Å². The van der Waals surface area contributed by atoms with Gasteiger partial charge in [0.15, 0.2) is 11.6 Å². The predicted molar refractivity (Wildman–Crippen MR) is 79.9 cm³/mol. The molecule has 2 nitrogen and oxygen atoms in total. The molecule has 110 valence electrons. The Morgan fingerprint density at radius 2 is 1.76 bits per heavy atom. The van der Waals surface area contributed by atoms with Crippen LogP contribution < -0.4 is 4.90 Å². The van der Waals surface area contributed by atoms with Crippen molar-refractivity contribution in [2.75, 3.05) is 11.9 Å². The lowest BCUT2D eigenvalue weighted by molar-refractivity contribution is -0.117. The van der Waals surface area contributed by atoms with E-state index in [0.717, 1.165) is 12.1 Å². The van der Waals surface area contributed by atoms with Gasteiger partial charge in [-0.3, -0.25) is 4.79 Å². The normalized spacial score (nSPS) is 10.5. The van der Waals surface area contributed by atoms with Gasteiger partial charge in [0.05, 0.1) is 16.5 Å². The Morgan fingerprint density at radius 3 is 2.38 bits per heavy atom. The molecule has 0 spiro atoms. The Labute approximate surface area is 130 Å². The van der Waals surface area contributed by atoms with Gasteiger partial charge in [-0.25, -0.2) is 8.78 Å². The molecule has 0 aliphatic heterocycles. The third kappa shape index (κ3) is 3.71. The summed E-state index contributed by atoms with van der Waals surface area (Å²) in [7, 11) is 1.49. The highest BCUT2D eigenvalue weighted by molar-refractivity contribution is 6.42. The predicted octanol–water partition coefficient (Wildman–Crippen LogP) is 4.48. The van der Waals surface area contributed by atoms with Crippen LogP contribution in [0.5, 0.6) is 0 Å². The van der Waals surface area contributed by atoms with Crippen molar-refractivity contribution in [3.05, 3.63) is 63.6 Å². The molecule has 0 heterocycles. The summed E-state index contributed by atoms with van der Waals surface area (Å²) in [5, 5.41) is 0.763. The van der Waals surface area contributed by atoms with Crippen LogP contribution in [0.1, 0.15) is 5.56 Å². The lowest BCUT2D eigenvalue weighted by atomic mass is 10.1. The van der Waals surface area contributed by atoms with Gasteiger partial charge in [-0.05, 0) is 29.8 Å². The Bertz CT molecular complexity index is 691. The summed E-state index contributed by atoms with van der Waals surface area (Å²) in [6, 6.07) is 8.18. The second-order valence-electron chi connectivity index (χ2n) is 4.48. The summed E-state index contributed by atoms with van der Waals surface area (Å²) in [6.45, 7) is 0. The van der Waals surface area contributed by atoms with E-state index >= 15 is 0 Å². The number of hydrogen-bond donors (Lipinski definition) is 0. The number of benzene rings is 2. The Morgan fingerprint density at radius 1 is 1.05 bits per heavy atom. The van der Waals surface area contributed by atoms with Crippen LogP contribution >= 0.6 is 23.2 Å². The molecule has 0 fully saturated rings. The number of amides is 1. The maximum atomic E-state index is 13.2. The van der Waals surface area contributed by atoms with Crippen molar-refractivity contribution in [1.82, 2.24) is 0 Å². The largest absolute Gasteiger partial charge is 0.315 e. The van der Waals surface area contributed by atoms with Crippen molar-refractivity contribution in [1.29, 1.82) is 0 Å². The van der Waals surface area contributed by atoms with E-state index in [-0.39, 0.29) is 18.0 Å². The van der Waals surface area contributed by atoms with Crippen LogP contribution in [0.3, 0.4) is 0 Å². The van der Waals surface area contributed by atoms with Gasteiger partial charge in [0.2, 0.25) is 5.91 Å². The lowest BCUT2D eigenvalue weighted by Crippen LogP contribution is -2.28. The first-order chi connectivity index (χ1) is 9.88. The van der Waals surface area contributed by atoms with Crippen molar-refractivity contribution in [2.24, 2.45) is 0 Å². The molecule has 0 N–H and O–H groups in total. The van der Waals surface area contributed by atoms with Gasteiger partial charge < -0.3 is 4.90 Å². The minimum absolute atomic E-state index is 0.0758. The Kier molecular flexibility index (Phi) is 4.80. The summed E-state index contributed by atoms with van der Waals surface area (Å²) in [4.78, 5) is 13.4. The summed E-state index contributed by atoms with van der Waals surface area (Å²) in [5.74, 6) is -2.23. The van der Waals surface area contributed by atoms with Crippen LogP contribution in [0.25, 0.3) is 0 Å². The van der Waals surface area contributed by atoms with Gasteiger partial charge in [0.25, 0.3) is 0 Å². The van der Waals surface area contributed by atoms with E-state index in [0.29, 0.717) is 15.6 Å². The Balaban J connectivity index is 2.15. The zero-order valence-electron chi connectivity index (χ0n) is 11.0. The topological polar surface area (TPSA) is 20.3 Å². The summed E-state index contributed by atoms with van der Waals surface area (Å²) in [6.07, 6.45) is 0.0758. The van der Waals surface area contributed by atoms with E-state index < -0.39 is 11.6 Å². The number of anilines is 1. The minimum atomic E-state index is -0.998. The van der Waals surface area contributed by atoms with Crippen molar-refractivity contribution in [2.45, 2.75) is 6.42 Å². The molecule has 0 unspecified atom stereocenters. The first-order valence-corrected chi connectivity index (χ1v) is 6.79. The number of rotatable bonds is 3. The zero-order chi connectivity index (χ0) is 15.6. The molecular formula is C15H11Cl2F2NO. The third-order valence-corrected chi connectivity index (χ3v) is 3.74. The molecule has 2 aromatic carbocycles. The first-order valence-electron chi connectivity index (χ1n) is 6.04. The maximum absolute atomic E-state index is 13.2. The van der Waals surface area contributed by atoms with Crippen molar-refractivity contribution >= 4 is 34.8 Å². The number of halogens is 4. The smallest absolute Gasteiger partial charge is 0.231 e. The van der Waals surface area contributed by atoms with Crippen LogP contribution in [0, 0.1) is 11.6 Å². The number of carbonyl (C=O) groups excluding carboxylic acids is 1. The standard InChI is InChI=1S/C15H11Cl2F2NO/c1-20(10-3-5-13(18)14(19)8-10)15(21)7-9-2-4-11(16)12(17)6-9/h2-6,8H,7H2,1H3. The molecule has 2 rings (SSSR count). The van der Waals surface area contributed by atoms with Crippen LogP contribution in [0.4, 0.5) is 14.5 Å². The summed E-state index contributed by atoms with van der Waals surface area (Å²) < 4.78 is 26.1. The average molecular weight is 330 g/mol. The molecule has 0 aliphatic rings. The molecule has 0 aliphatic carbocycles. The summed E-state index contributed by atoms with van der Waals surface area (Å²) in [5.41, 5.74) is 0.961. The molecular weight excluding hydrogens is 319 g/mol. The van der Waals surface area contributed by atoms with Crippen molar-refractivity contribution < 1.29 is 13.6 Å². The highest BCUT2D eigenvalue weighted by atomic mass is 35.5. The van der Waals surface area contributed by atoms with E-state index in [1.54, 1.807) is 18.2 Å². The molecule has 0 bridgehead atoms. The highest BCUT2D eigenvalue weighted by Gasteiger charge is 2.14. The molecule has 0 saturated heterocycles. The molecule has 0 saturated carbocycles. The van der Waals surface area contributed by atoms with Crippen molar-refractivity contribution in [3.8, 4) is 0 Å². The van der Waals surface area contributed by atoms with Gasteiger partial charge in [-0.2, -0.15) is 0 Å². The monoisotopic (exact) mass is 329 g/mol. The van der Waals surface area contributed by atoms with Gasteiger partial charge in [-0.15, -0.1) is 0 Å². The Hall–Kier alpha value is -1.65. The fourth-order valence-corrected chi connectivity index (χ4v) is 2.10. The van der Waals surface area contributed by atoms with E-state index in [1.807, 2.05) is 0 Å². The molecule has 6 heteroatoms. The summed E-state index contributed by atoms with van der Waals surface area (Å²) >= 11 is 11.7. The molecule has 21 heavy (non-hydrogen) atoms. The van der Waals surface area contributed by atoms with Gasteiger partial charge >= 0.3 is 0 Å². The van der Waals surface area contributed by atoms with E-state index in [9.17, 15) is 13.6 Å². The fourth-order valence-electron chi connectivity index (χ4n) is 1.78. The lowest BCUT2D eigenvalue weighted by Gasteiger charge is -2.17. The number of nitrogens with zero attached hydrogens (tertiary/aromatic N) is 1. The van der Waals surface area contributed by atoms with Crippen LogP contribution in [-0.2, 0) is 11.2 Å². The van der Waals surface area contributed by atoms with Crippen LogP contribution in [0.15, 0.2) is 36.4 Å². The molecule has 2 aromatic rings. The molecule has 0 radical (unpaired) electrons. The van der Waals surface area contributed by atoms with Crippen LogP contribution in [0.2, 0.25) is 10.0 Å². The second kappa shape index (κ2) is 6.41. The van der Waals surface area contributed by atoms with E-state index in [2.05, 4.69) is 0 Å². The van der Waals surface area contributed by atoms with E-state index in [4.69, 9.17) is 23.2 Å². The number of hydrogen-bond acceptors (Lipinski definition) is 1. The maximum Gasteiger partial charge on any atom is 0.231 e. The SMILES string of the molecule is CN(C(=O)Cc1ccc(Cl)c(Cl)c1)c1ccc(F)c(F)c1. The number of likely N-dealkylation sites (N-methyl/N-ethyl adjacent to an activating group) is 1. The molecule has 0 atom stereocenters.